The molecule has 0 aromatic carbocycles. The van der Waals surface area contributed by atoms with Gasteiger partial charge in [-0.05, 0) is 0 Å². The van der Waals surface area contributed by atoms with Crippen molar-refractivity contribution in [1.29, 1.82) is 0 Å². The summed E-state index contributed by atoms with van der Waals surface area (Å²) in [6.07, 6.45) is 0. The molecule has 7 heavy (non-hydrogen) atoms. The number of nitrogens with zero attached hydrogens (tertiary/aromatic N) is 2. The average Bonchev–Trinajstić information content (AvgIpc) is 1.39. The van der Waals surface area contributed by atoms with E-state index in [2.05, 4.69) is 10.6 Å². The molecule has 0 fully saturated rings. The summed E-state index contributed by atoms with van der Waals surface area (Å²) in [6, 6.07) is 0. The Kier molecular flexibility index (Phi) is 68.8. The van der Waals surface area contributed by atoms with Gasteiger partial charge in [-0.25, -0.2) is 0 Å². The van der Waals surface area contributed by atoms with E-state index in [-0.39, 0.29) is 20.4 Å². The minimum Gasteiger partial charge on any atom is -0.668 e. The molecule has 2 nitrogen and oxygen atoms in total. The zero-order chi connectivity index (χ0) is 5.41. The van der Waals surface area contributed by atoms with E-state index < -0.39 is 0 Å². The predicted molar refractivity (Wildman–Crippen MR) is 30.4 cm³/mol. The Morgan fingerprint density at radius 1 is 0.714 bits per heavy atom. The first-order chi connectivity index (χ1) is 2.83. The average molecular weight is 195 g/mol. The molecule has 0 aliphatic carbocycles. The molecular weight excluding hydrogens is 182 g/mol. The fourth-order valence-electron chi connectivity index (χ4n) is 0. The van der Waals surface area contributed by atoms with Crippen molar-refractivity contribution < 1.29 is 20.4 Å². The summed E-state index contributed by atoms with van der Waals surface area (Å²) in [7, 11) is 7.00. The van der Waals surface area contributed by atoms with Gasteiger partial charge in [-0.3, -0.25) is 0 Å². The van der Waals surface area contributed by atoms with Crippen LogP contribution in [-0.4, -0.2) is 28.2 Å². The van der Waals surface area contributed by atoms with Crippen LogP contribution in [0.3, 0.4) is 0 Å². The van der Waals surface area contributed by atoms with Crippen molar-refractivity contribution in [2.45, 2.75) is 0 Å². The third-order valence-electron chi connectivity index (χ3n) is 0. The first kappa shape index (κ1) is 15.6. The summed E-state index contributed by atoms with van der Waals surface area (Å²) in [5.74, 6) is 0. The zero-order valence-corrected chi connectivity index (χ0v) is 6.77. The monoisotopic (exact) mass is 194 g/mol. The standard InChI is InChI=1S/2C2H6N.Pd/c2*1-3-2;/h2*1-2H3;/q2*-1;+2. The Balaban J connectivity index is -0.0000000400. The van der Waals surface area contributed by atoms with Gasteiger partial charge in [0.1, 0.15) is 0 Å². The topological polar surface area (TPSA) is 28.2 Å². The number of hydrogen-bond acceptors (Lipinski definition) is 0. The molecule has 0 radical (unpaired) electrons. The Morgan fingerprint density at radius 2 is 0.714 bits per heavy atom. The van der Waals surface area contributed by atoms with Crippen molar-refractivity contribution in [2.75, 3.05) is 28.2 Å². The molecule has 0 aromatic rings. The van der Waals surface area contributed by atoms with Crippen LogP contribution >= 0.6 is 0 Å². The van der Waals surface area contributed by atoms with Crippen molar-refractivity contribution >= 4 is 0 Å². The summed E-state index contributed by atoms with van der Waals surface area (Å²) < 4.78 is 0. The molecule has 48 valence electrons. The van der Waals surface area contributed by atoms with E-state index in [1.807, 2.05) is 0 Å². The van der Waals surface area contributed by atoms with Gasteiger partial charge in [-0.1, -0.05) is 0 Å². The minimum atomic E-state index is 0. The van der Waals surface area contributed by atoms with Gasteiger partial charge < -0.3 is 10.6 Å². The molecule has 0 N–H and O–H groups in total. The number of rotatable bonds is 0. The van der Waals surface area contributed by atoms with E-state index in [0.717, 1.165) is 0 Å². The maximum absolute atomic E-state index is 3.50. The molecule has 0 spiro atoms. The van der Waals surface area contributed by atoms with Gasteiger partial charge in [0.25, 0.3) is 0 Å². The number of hydrogen-bond donors (Lipinski definition) is 0. The van der Waals surface area contributed by atoms with E-state index >= 15 is 0 Å². The molecule has 0 aromatic heterocycles. The summed E-state index contributed by atoms with van der Waals surface area (Å²) in [5.41, 5.74) is 0. The van der Waals surface area contributed by atoms with Gasteiger partial charge in [0.05, 0.1) is 0 Å². The second-order valence-electron chi connectivity index (χ2n) is 0.894. The van der Waals surface area contributed by atoms with Gasteiger partial charge in [-0.2, -0.15) is 28.2 Å². The fraction of sp³-hybridized carbons (Fsp3) is 1.00. The van der Waals surface area contributed by atoms with Crippen LogP contribution in [0.5, 0.6) is 0 Å². The van der Waals surface area contributed by atoms with Crippen LogP contribution in [0.25, 0.3) is 10.6 Å². The molecule has 0 bridgehead atoms. The summed E-state index contributed by atoms with van der Waals surface area (Å²) >= 11 is 0. The third-order valence-corrected chi connectivity index (χ3v) is 0. The SMILES string of the molecule is C[N-]C.C[N-]C.[Pd+2]. The van der Waals surface area contributed by atoms with E-state index in [0.29, 0.717) is 0 Å². The first-order valence-electron chi connectivity index (χ1n) is 1.79. The molecule has 0 rings (SSSR count). The Labute approximate surface area is 59.7 Å². The summed E-state index contributed by atoms with van der Waals surface area (Å²) in [4.78, 5) is 0. The van der Waals surface area contributed by atoms with E-state index in [4.69, 9.17) is 0 Å². The largest absolute Gasteiger partial charge is 2.00 e. The molecule has 0 heterocycles. The van der Waals surface area contributed by atoms with Crippen LogP contribution in [-0.2, 0) is 20.4 Å². The zero-order valence-electron chi connectivity index (χ0n) is 5.21. The normalized spacial score (nSPS) is 5.14. The van der Waals surface area contributed by atoms with Gasteiger partial charge in [0, 0.05) is 0 Å². The van der Waals surface area contributed by atoms with Crippen molar-refractivity contribution in [3.63, 3.8) is 0 Å². The Hall–Kier alpha value is 0.582. The Bertz CT molecular complexity index is 11.7. The van der Waals surface area contributed by atoms with Crippen LogP contribution in [0.4, 0.5) is 0 Å². The van der Waals surface area contributed by atoms with Crippen molar-refractivity contribution in [1.82, 2.24) is 0 Å². The van der Waals surface area contributed by atoms with Crippen molar-refractivity contribution in [3.05, 3.63) is 10.6 Å². The van der Waals surface area contributed by atoms with Gasteiger partial charge in [-0.15, -0.1) is 0 Å². The first-order valence-corrected chi connectivity index (χ1v) is 1.79. The van der Waals surface area contributed by atoms with Crippen molar-refractivity contribution in [2.24, 2.45) is 0 Å². The molecule has 3 heteroatoms. The molecule has 0 saturated carbocycles. The smallest absolute Gasteiger partial charge is 0.668 e. The second kappa shape index (κ2) is 30.8. The molecule has 0 unspecified atom stereocenters. The molecule has 0 atom stereocenters. The predicted octanol–water partition coefficient (Wildman–Crippen LogP) is 1.24. The van der Waals surface area contributed by atoms with E-state index in [1.165, 1.54) is 0 Å². The van der Waals surface area contributed by atoms with Crippen LogP contribution in [0.1, 0.15) is 0 Å². The molecule has 0 saturated heterocycles. The maximum Gasteiger partial charge on any atom is 2.00 e. The molecule has 0 aliphatic rings. The van der Waals surface area contributed by atoms with Gasteiger partial charge in [0.15, 0.2) is 0 Å². The quantitative estimate of drug-likeness (QED) is 0.519. The second-order valence-corrected chi connectivity index (χ2v) is 0.894. The Morgan fingerprint density at radius 3 is 0.714 bits per heavy atom. The molecular formula is C4H12N2Pd. The van der Waals surface area contributed by atoms with Crippen LogP contribution < -0.4 is 0 Å². The van der Waals surface area contributed by atoms with E-state index in [9.17, 15) is 0 Å². The van der Waals surface area contributed by atoms with Gasteiger partial charge >= 0.3 is 20.4 Å². The van der Waals surface area contributed by atoms with Crippen LogP contribution in [0.15, 0.2) is 0 Å². The summed E-state index contributed by atoms with van der Waals surface area (Å²) in [5, 5.41) is 7.00. The minimum absolute atomic E-state index is 0. The van der Waals surface area contributed by atoms with E-state index in [1.54, 1.807) is 28.2 Å². The fourth-order valence-corrected chi connectivity index (χ4v) is 0. The van der Waals surface area contributed by atoms with Crippen molar-refractivity contribution in [3.8, 4) is 0 Å². The summed E-state index contributed by atoms with van der Waals surface area (Å²) in [6.45, 7) is 0. The molecule has 0 amide bonds. The van der Waals surface area contributed by atoms with Crippen LogP contribution in [0, 0.1) is 0 Å². The maximum atomic E-state index is 3.50. The third kappa shape index (κ3) is 408. The van der Waals surface area contributed by atoms with Gasteiger partial charge in [0.2, 0.25) is 0 Å². The van der Waals surface area contributed by atoms with Crippen LogP contribution in [0.2, 0.25) is 0 Å². The molecule has 0 aliphatic heterocycles.